The van der Waals surface area contributed by atoms with Gasteiger partial charge in [-0.15, -0.1) is 0 Å². The van der Waals surface area contributed by atoms with Crippen molar-refractivity contribution in [2.24, 2.45) is 0 Å². The third-order valence-electron chi connectivity index (χ3n) is 2.48. The minimum absolute atomic E-state index is 0.218. The first-order valence-corrected chi connectivity index (χ1v) is 5.67. The first-order chi connectivity index (χ1) is 8.56. The largest absolute Gasteiger partial charge is 0.399 e. The van der Waals surface area contributed by atoms with Crippen LogP contribution in [-0.2, 0) is 6.54 Å². The summed E-state index contributed by atoms with van der Waals surface area (Å²) >= 11 is 5.96. The highest BCUT2D eigenvalue weighted by atomic mass is 35.5. The molecule has 2 aromatic rings. The zero-order valence-electron chi connectivity index (χ0n) is 9.38. The lowest BCUT2D eigenvalue weighted by Gasteiger charge is -2.09. The Bertz CT molecular complexity index is 521. The predicted molar refractivity (Wildman–Crippen MR) is 69.5 cm³/mol. The van der Waals surface area contributed by atoms with E-state index in [0.29, 0.717) is 22.0 Å². The molecule has 2 aromatic carbocycles. The number of halogens is 3. The van der Waals surface area contributed by atoms with Gasteiger partial charge in [-0.2, -0.15) is 0 Å². The van der Waals surface area contributed by atoms with Crippen molar-refractivity contribution in [2.75, 3.05) is 11.1 Å². The average molecular weight is 269 g/mol. The first kappa shape index (κ1) is 12.6. The van der Waals surface area contributed by atoms with Gasteiger partial charge in [-0.25, -0.2) is 8.78 Å². The molecule has 0 aromatic heterocycles. The molecular formula is C13H11ClF2N2. The van der Waals surface area contributed by atoms with Gasteiger partial charge in [-0.05, 0) is 24.3 Å². The first-order valence-electron chi connectivity index (χ1n) is 5.29. The van der Waals surface area contributed by atoms with E-state index >= 15 is 0 Å². The Morgan fingerprint density at radius 2 is 1.89 bits per heavy atom. The van der Waals surface area contributed by atoms with Gasteiger partial charge >= 0.3 is 0 Å². The molecule has 3 N–H and O–H groups in total. The maximum atomic E-state index is 13.4. The summed E-state index contributed by atoms with van der Waals surface area (Å²) in [6, 6.07) is 8.45. The molecule has 0 aliphatic heterocycles. The fraction of sp³-hybridized carbons (Fsp3) is 0.0769. The summed E-state index contributed by atoms with van der Waals surface area (Å²) in [4.78, 5) is 0. The van der Waals surface area contributed by atoms with Crippen molar-refractivity contribution >= 4 is 23.0 Å². The smallest absolute Gasteiger partial charge is 0.131 e. The number of rotatable bonds is 3. The highest BCUT2D eigenvalue weighted by molar-refractivity contribution is 6.33. The number of hydrogen-bond donors (Lipinski definition) is 2. The van der Waals surface area contributed by atoms with Gasteiger partial charge in [-0.1, -0.05) is 17.7 Å². The summed E-state index contributed by atoms with van der Waals surface area (Å²) in [6.07, 6.45) is 0. The Morgan fingerprint density at radius 3 is 2.56 bits per heavy atom. The highest BCUT2D eigenvalue weighted by Crippen LogP contribution is 2.24. The van der Waals surface area contributed by atoms with Crippen molar-refractivity contribution in [2.45, 2.75) is 6.54 Å². The second-order valence-corrected chi connectivity index (χ2v) is 4.24. The molecule has 0 atom stereocenters. The minimum atomic E-state index is -0.596. The molecule has 0 fully saturated rings. The van der Waals surface area contributed by atoms with Gasteiger partial charge in [0.2, 0.25) is 0 Å². The van der Waals surface area contributed by atoms with Crippen LogP contribution in [0.25, 0.3) is 0 Å². The van der Waals surface area contributed by atoms with Gasteiger partial charge in [0.25, 0.3) is 0 Å². The highest BCUT2D eigenvalue weighted by Gasteiger charge is 2.05. The van der Waals surface area contributed by atoms with E-state index in [4.69, 9.17) is 17.3 Å². The van der Waals surface area contributed by atoms with Gasteiger partial charge in [0.05, 0.1) is 10.7 Å². The number of anilines is 2. The number of nitrogen functional groups attached to an aromatic ring is 1. The van der Waals surface area contributed by atoms with Crippen molar-refractivity contribution in [3.8, 4) is 0 Å². The van der Waals surface area contributed by atoms with E-state index in [-0.39, 0.29) is 6.54 Å². The molecule has 0 radical (unpaired) electrons. The van der Waals surface area contributed by atoms with Crippen molar-refractivity contribution in [3.05, 3.63) is 58.6 Å². The zero-order chi connectivity index (χ0) is 13.1. The van der Waals surface area contributed by atoms with Crippen LogP contribution in [0.1, 0.15) is 5.56 Å². The zero-order valence-corrected chi connectivity index (χ0v) is 10.1. The molecule has 0 saturated heterocycles. The normalized spacial score (nSPS) is 10.4. The van der Waals surface area contributed by atoms with Crippen molar-refractivity contribution in [1.82, 2.24) is 0 Å². The quantitative estimate of drug-likeness (QED) is 0.831. The van der Waals surface area contributed by atoms with Crippen LogP contribution in [0.3, 0.4) is 0 Å². The molecule has 18 heavy (non-hydrogen) atoms. The van der Waals surface area contributed by atoms with E-state index in [0.717, 1.165) is 6.07 Å². The van der Waals surface area contributed by atoms with Crippen LogP contribution in [-0.4, -0.2) is 0 Å². The summed E-state index contributed by atoms with van der Waals surface area (Å²) in [6.45, 7) is 0.218. The van der Waals surface area contributed by atoms with Crippen LogP contribution in [0.5, 0.6) is 0 Å². The minimum Gasteiger partial charge on any atom is -0.399 e. The lowest BCUT2D eigenvalue weighted by molar-refractivity contribution is 0.574. The van der Waals surface area contributed by atoms with E-state index in [9.17, 15) is 8.78 Å². The van der Waals surface area contributed by atoms with Crippen molar-refractivity contribution in [3.63, 3.8) is 0 Å². The standard InChI is InChI=1S/C13H11ClF2N2/c14-11-6-10(17)3-4-13(11)18-7-8-1-2-9(15)5-12(8)16/h1-6,18H,7,17H2. The summed E-state index contributed by atoms with van der Waals surface area (Å²) in [5.41, 5.74) is 7.13. The van der Waals surface area contributed by atoms with Gasteiger partial charge in [0.15, 0.2) is 0 Å². The van der Waals surface area contributed by atoms with Gasteiger partial charge in [0, 0.05) is 23.9 Å². The molecule has 0 unspecified atom stereocenters. The summed E-state index contributed by atoms with van der Waals surface area (Å²) in [5.74, 6) is -1.18. The fourth-order valence-corrected chi connectivity index (χ4v) is 1.79. The lowest BCUT2D eigenvalue weighted by Crippen LogP contribution is -2.03. The molecule has 0 saturated carbocycles. The lowest BCUT2D eigenvalue weighted by atomic mass is 10.2. The van der Waals surface area contributed by atoms with Crippen LogP contribution < -0.4 is 11.1 Å². The van der Waals surface area contributed by atoms with Crippen molar-refractivity contribution in [1.29, 1.82) is 0 Å². The van der Waals surface area contributed by atoms with E-state index in [2.05, 4.69) is 5.32 Å². The molecule has 0 aliphatic rings. The maximum Gasteiger partial charge on any atom is 0.131 e. The van der Waals surface area contributed by atoms with Gasteiger partial charge < -0.3 is 11.1 Å². The fourth-order valence-electron chi connectivity index (χ4n) is 1.53. The molecule has 0 amide bonds. The van der Waals surface area contributed by atoms with Crippen LogP contribution >= 0.6 is 11.6 Å². The monoisotopic (exact) mass is 268 g/mol. The number of nitrogens with two attached hydrogens (primary N) is 1. The van der Waals surface area contributed by atoms with Crippen LogP contribution in [0, 0.1) is 11.6 Å². The summed E-state index contributed by atoms with van der Waals surface area (Å²) in [7, 11) is 0. The van der Waals surface area contributed by atoms with Crippen LogP contribution in [0.4, 0.5) is 20.2 Å². The van der Waals surface area contributed by atoms with Gasteiger partial charge in [-0.3, -0.25) is 0 Å². The van der Waals surface area contributed by atoms with Crippen LogP contribution in [0.2, 0.25) is 5.02 Å². The van der Waals surface area contributed by atoms with E-state index in [1.165, 1.54) is 12.1 Å². The maximum absolute atomic E-state index is 13.4. The third-order valence-corrected chi connectivity index (χ3v) is 2.79. The molecular weight excluding hydrogens is 258 g/mol. The Balaban J connectivity index is 2.11. The van der Waals surface area contributed by atoms with Gasteiger partial charge in [0.1, 0.15) is 11.6 Å². The number of benzene rings is 2. The Kier molecular flexibility index (Phi) is 3.67. The number of hydrogen-bond acceptors (Lipinski definition) is 2. The molecule has 0 aliphatic carbocycles. The molecule has 2 rings (SSSR count). The number of nitrogens with one attached hydrogen (secondary N) is 1. The molecule has 0 bridgehead atoms. The SMILES string of the molecule is Nc1ccc(NCc2ccc(F)cc2F)c(Cl)c1. The average Bonchev–Trinajstić information content (AvgIpc) is 2.30. The Morgan fingerprint density at radius 1 is 1.11 bits per heavy atom. The van der Waals surface area contributed by atoms with Crippen molar-refractivity contribution < 1.29 is 8.78 Å². The summed E-state index contributed by atoms with van der Waals surface area (Å²) < 4.78 is 26.1. The van der Waals surface area contributed by atoms with Crippen LogP contribution in [0.15, 0.2) is 36.4 Å². The van der Waals surface area contributed by atoms with E-state index in [1.807, 2.05) is 0 Å². The Hall–Kier alpha value is -1.81. The summed E-state index contributed by atoms with van der Waals surface area (Å²) in [5, 5.41) is 3.42. The van der Waals surface area contributed by atoms with E-state index < -0.39 is 11.6 Å². The molecule has 2 nitrogen and oxygen atoms in total. The topological polar surface area (TPSA) is 38.0 Å². The third kappa shape index (κ3) is 2.90. The molecule has 94 valence electrons. The Labute approximate surface area is 108 Å². The molecule has 0 spiro atoms. The second-order valence-electron chi connectivity index (χ2n) is 3.83. The molecule has 5 heteroatoms. The second kappa shape index (κ2) is 5.23. The molecule has 0 heterocycles. The predicted octanol–water partition coefficient (Wildman–Crippen LogP) is 3.81. The van der Waals surface area contributed by atoms with E-state index in [1.54, 1.807) is 18.2 Å².